The highest BCUT2D eigenvalue weighted by molar-refractivity contribution is 5.53. The summed E-state index contributed by atoms with van der Waals surface area (Å²) in [6.07, 6.45) is 0.912. The zero-order valence-electron chi connectivity index (χ0n) is 17.4. The van der Waals surface area contributed by atoms with E-state index in [4.69, 9.17) is 15.2 Å². The van der Waals surface area contributed by atoms with Crippen LogP contribution in [0.1, 0.15) is 29.9 Å². The number of anilines is 3. The number of nitrogen functional groups attached to an aromatic ring is 1. The first-order valence-corrected chi connectivity index (χ1v) is 9.88. The third-order valence-electron chi connectivity index (χ3n) is 5.39. The normalized spacial score (nSPS) is 16.0. The largest absolute Gasteiger partial charge is 0.493 e. The molecule has 2 aromatic carbocycles. The molecule has 0 saturated heterocycles. The lowest BCUT2D eigenvalue weighted by Crippen LogP contribution is -2.34. The number of nitrogens with two attached hydrogens (primary N) is 1. The first-order chi connectivity index (χ1) is 14.6. The minimum atomic E-state index is 0.178. The van der Waals surface area contributed by atoms with Gasteiger partial charge in [-0.2, -0.15) is 15.0 Å². The van der Waals surface area contributed by atoms with Gasteiger partial charge >= 0.3 is 0 Å². The summed E-state index contributed by atoms with van der Waals surface area (Å²) in [5.41, 5.74) is 9.35. The van der Waals surface area contributed by atoms with Gasteiger partial charge in [-0.05, 0) is 48.7 Å². The van der Waals surface area contributed by atoms with Crippen molar-refractivity contribution in [2.24, 2.45) is 0 Å². The lowest BCUT2D eigenvalue weighted by atomic mass is 9.93. The van der Waals surface area contributed by atoms with Crippen molar-refractivity contribution in [2.45, 2.75) is 25.9 Å². The SMILES string of the molecule is COc1cc2c(cc1OC)[C@@H](C)N(Cc1nc(N)nc(Nc3ccccc3)n1)CC2. The van der Waals surface area contributed by atoms with E-state index >= 15 is 0 Å². The minimum Gasteiger partial charge on any atom is -0.493 e. The van der Waals surface area contributed by atoms with Gasteiger partial charge in [0.05, 0.1) is 20.8 Å². The van der Waals surface area contributed by atoms with E-state index in [0.29, 0.717) is 18.3 Å². The van der Waals surface area contributed by atoms with Gasteiger partial charge in [0.25, 0.3) is 0 Å². The second-order valence-electron chi connectivity index (χ2n) is 7.23. The highest BCUT2D eigenvalue weighted by Crippen LogP contribution is 2.38. The number of benzene rings is 2. The van der Waals surface area contributed by atoms with Crippen LogP contribution in [-0.2, 0) is 13.0 Å². The van der Waals surface area contributed by atoms with Crippen molar-refractivity contribution >= 4 is 17.6 Å². The number of hydrogen-bond donors (Lipinski definition) is 2. The van der Waals surface area contributed by atoms with Crippen LogP contribution in [0.5, 0.6) is 11.5 Å². The third-order valence-corrected chi connectivity index (χ3v) is 5.39. The summed E-state index contributed by atoms with van der Waals surface area (Å²) in [6.45, 7) is 3.64. The fraction of sp³-hybridized carbons (Fsp3) is 0.318. The molecule has 30 heavy (non-hydrogen) atoms. The lowest BCUT2D eigenvalue weighted by molar-refractivity contribution is 0.184. The summed E-state index contributed by atoms with van der Waals surface area (Å²) in [5, 5.41) is 3.19. The van der Waals surface area contributed by atoms with Crippen LogP contribution in [0.2, 0.25) is 0 Å². The Morgan fingerprint density at radius 2 is 1.80 bits per heavy atom. The maximum atomic E-state index is 5.95. The maximum Gasteiger partial charge on any atom is 0.232 e. The smallest absolute Gasteiger partial charge is 0.232 e. The molecule has 0 unspecified atom stereocenters. The van der Waals surface area contributed by atoms with Gasteiger partial charge in [-0.15, -0.1) is 0 Å². The molecule has 0 radical (unpaired) electrons. The molecular formula is C22H26N6O2. The number of fused-ring (bicyclic) bond motifs is 1. The van der Waals surface area contributed by atoms with Crippen molar-refractivity contribution in [3.05, 3.63) is 59.4 Å². The van der Waals surface area contributed by atoms with E-state index in [1.165, 1.54) is 11.1 Å². The van der Waals surface area contributed by atoms with Gasteiger partial charge in [0.1, 0.15) is 5.82 Å². The molecule has 0 bridgehead atoms. The topological polar surface area (TPSA) is 98.4 Å². The molecule has 0 aliphatic carbocycles. The van der Waals surface area contributed by atoms with Crippen LogP contribution >= 0.6 is 0 Å². The molecule has 0 spiro atoms. The number of rotatable bonds is 6. The fourth-order valence-electron chi connectivity index (χ4n) is 3.81. The average Bonchev–Trinajstić information content (AvgIpc) is 2.75. The van der Waals surface area contributed by atoms with Crippen LogP contribution < -0.4 is 20.5 Å². The molecule has 1 aromatic heterocycles. The Bertz CT molecular complexity index is 1030. The number of aromatic nitrogens is 3. The molecule has 156 valence electrons. The second-order valence-corrected chi connectivity index (χ2v) is 7.23. The zero-order chi connectivity index (χ0) is 21.1. The molecule has 2 heterocycles. The standard InChI is InChI=1S/C22H26N6O2/c1-14-17-12-19(30-3)18(29-2)11-15(17)9-10-28(14)13-20-25-21(23)27-22(26-20)24-16-7-5-4-6-8-16/h4-8,11-12,14H,9-10,13H2,1-3H3,(H3,23,24,25,26,27)/t14-/m1/s1. The molecule has 0 saturated carbocycles. The van der Waals surface area contributed by atoms with Crippen LogP contribution in [0.15, 0.2) is 42.5 Å². The molecule has 0 fully saturated rings. The van der Waals surface area contributed by atoms with Gasteiger partial charge in [0, 0.05) is 18.3 Å². The van der Waals surface area contributed by atoms with Crippen LogP contribution in [-0.4, -0.2) is 40.6 Å². The Labute approximate surface area is 176 Å². The summed E-state index contributed by atoms with van der Waals surface area (Å²) >= 11 is 0. The summed E-state index contributed by atoms with van der Waals surface area (Å²) in [6, 6.07) is 14.1. The highest BCUT2D eigenvalue weighted by atomic mass is 16.5. The molecule has 8 heteroatoms. The molecule has 1 aliphatic heterocycles. The van der Waals surface area contributed by atoms with Crippen LogP contribution in [0.25, 0.3) is 0 Å². The number of para-hydroxylation sites is 1. The summed E-state index contributed by atoms with van der Waals surface area (Å²) in [5.74, 6) is 2.79. The zero-order valence-corrected chi connectivity index (χ0v) is 17.4. The second kappa shape index (κ2) is 8.54. The van der Waals surface area contributed by atoms with Crippen molar-refractivity contribution < 1.29 is 9.47 Å². The average molecular weight is 406 g/mol. The molecule has 0 amide bonds. The van der Waals surface area contributed by atoms with E-state index < -0.39 is 0 Å². The summed E-state index contributed by atoms with van der Waals surface area (Å²) < 4.78 is 10.9. The van der Waals surface area contributed by atoms with E-state index in [1.54, 1.807) is 14.2 Å². The molecule has 3 N–H and O–H groups in total. The molecule has 4 rings (SSSR count). The van der Waals surface area contributed by atoms with Gasteiger partial charge in [0.2, 0.25) is 11.9 Å². The molecule has 8 nitrogen and oxygen atoms in total. The van der Waals surface area contributed by atoms with Crippen molar-refractivity contribution in [3.8, 4) is 11.5 Å². The van der Waals surface area contributed by atoms with Crippen molar-refractivity contribution in [2.75, 3.05) is 31.8 Å². The third kappa shape index (κ3) is 4.13. The number of methoxy groups -OCH3 is 2. The first kappa shape index (κ1) is 19.9. The molecular weight excluding hydrogens is 380 g/mol. The fourth-order valence-corrected chi connectivity index (χ4v) is 3.81. The van der Waals surface area contributed by atoms with Crippen molar-refractivity contribution in [3.63, 3.8) is 0 Å². The Kier molecular flexibility index (Phi) is 5.67. The quantitative estimate of drug-likeness (QED) is 0.643. The van der Waals surface area contributed by atoms with Gasteiger partial charge in [0.15, 0.2) is 11.5 Å². The number of hydrogen-bond acceptors (Lipinski definition) is 8. The summed E-state index contributed by atoms with van der Waals surface area (Å²) in [4.78, 5) is 15.5. The summed E-state index contributed by atoms with van der Waals surface area (Å²) in [7, 11) is 3.32. The van der Waals surface area contributed by atoms with Crippen molar-refractivity contribution in [1.29, 1.82) is 0 Å². The lowest BCUT2D eigenvalue weighted by Gasteiger charge is -2.35. The number of nitrogens with zero attached hydrogens (tertiary/aromatic N) is 4. The van der Waals surface area contributed by atoms with Crippen LogP contribution in [0.3, 0.4) is 0 Å². The number of nitrogens with one attached hydrogen (secondary N) is 1. The molecule has 3 aromatic rings. The van der Waals surface area contributed by atoms with Gasteiger partial charge in [-0.3, -0.25) is 4.90 Å². The van der Waals surface area contributed by atoms with Gasteiger partial charge < -0.3 is 20.5 Å². The van der Waals surface area contributed by atoms with Crippen LogP contribution in [0, 0.1) is 0 Å². The maximum absolute atomic E-state index is 5.95. The first-order valence-electron chi connectivity index (χ1n) is 9.88. The predicted molar refractivity (Wildman–Crippen MR) is 116 cm³/mol. The minimum absolute atomic E-state index is 0.178. The molecule has 1 aliphatic rings. The van der Waals surface area contributed by atoms with E-state index in [0.717, 1.165) is 30.2 Å². The van der Waals surface area contributed by atoms with E-state index in [1.807, 2.05) is 30.3 Å². The van der Waals surface area contributed by atoms with Crippen molar-refractivity contribution in [1.82, 2.24) is 19.9 Å². The Hall–Kier alpha value is -3.39. The van der Waals surface area contributed by atoms with Gasteiger partial charge in [-0.25, -0.2) is 0 Å². The van der Waals surface area contributed by atoms with Gasteiger partial charge in [-0.1, -0.05) is 18.2 Å². The van der Waals surface area contributed by atoms with Crippen LogP contribution in [0.4, 0.5) is 17.6 Å². The van der Waals surface area contributed by atoms with E-state index in [-0.39, 0.29) is 12.0 Å². The highest BCUT2D eigenvalue weighted by Gasteiger charge is 2.26. The Balaban J connectivity index is 1.55. The predicted octanol–water partition coefficient (Wildman–Crippen LogP) is 3.33. The number of ether oxygens (including phenoxy) is 2. The van der Waals surface area contributed by atoms with E-state index in [2.05, 4.69) is 44.2 Å². The Morgan fingerprint density at radius 1 is 1.07 bits per heavy atom. The Morgan fingerprint density at radius 3 is 2.53 bits per heavy atom. The monoisotopic (exact) mass is 406 g/mol. The molecule has 1 atom stereocenters. The van der Waals surface area contributed by atoms with E-state index in [9.17, 15) is 0 Å².